The Morgan fingerprint density at radius 2 is 1.80 bits per heavy atom. The number of hydrogen-bond donors (Lipinski definition) is 3. The Hall–Kier alpha value is -2.77. The van der Waals surface area contributed by atoms with Gasteiger partial charge in [0, 0.05) is 34.6 Å². The molecular weight excluding hydrogens is 429 g/mol. The second-order valence-electron chi connectivity index (χ2n) is 7.50. The number of piperazine rings is 1. The van der Waals surface area contributed by atoms with Crippen LogP contribution in [0.15, 0.2) is 42.5 Å². The molecule has 2 fully saturated rings. The maximum Gasteiger partial charge on any atom is 0.251 e. The molecule has 2 aliphatic heterocycles. The number of benzene rings is 2. The zero-order valence-electron chi connectivity index (χ0n) is 15.8. The van der Waals surface area contributed by atoms with E-state index < -0.39 is 12.1 Å². The number of phenolic OH excluding ortho intramolecular Hbond substituents is 1. The van der Waals surface area contributed by atoms with Crippen LogP contribution in [0.25, 0.3) is 0 Å². The molecule has 4 rings (SSSR count). The predicted molar refractivity (Wildman–Crippen MR) is 112 cm³/mol. The highest BCUT2D eigenvalue weighted by atomic mass is 35.5. The van der Waals surface area contributed by atoms with Crippen molar-refractivity contribution in [3.63, 3.8) is 0 Å². The van der Waals surface area contributed by atoms with Crippen LogP contribution in [0.5, 0.6) is 5.75 Å². The fourth-order valence-electron chi connectivity index (χ4n) is 3.92. The number of carbonyl (C=O) groups is 3. The van der Waals surface area contributed by atoms with Gasteiger partial charge in [-0.05, 0) is 42.3 Å². The number of amides is 3. The van der Waals surface area contributed by atoms with Gasteiger partial charge in [-0.2, -0.15) is 0 Å². The van der Waals surface area contributed by atoms with Crippen LogP contribution in [0.2, 0.25) is 10.0 Å². The topological polar surface area (TPSA) is 98.7 Å². The van der Waals surface area contributed by atoms with Crippen LogP contribution in [-0.2, 0) is 16.0 Å². The predicted octanol–water partition coefficient (Wildman–Crippen LogP) is 2.14. The van der Waals surface area contributed by atoms with Crippen molar-refractivity contribution in [1.29, 1.82) is 0 Å². The summed E-state index contributed by atoms with van der Waals surface area (Å²) in [5, 5.41) is 15.7. The highest BCUT2D eigenvalue weighted by Gasteiger charge is 2.46. The maximum absolute atomic E-state index is 12.9. The number of halogens is 2. The number of hydrogen-bond acceptors (Lipinski definition) is 4. The third-order valence-electron chi connectivity index (χ3n) is 5.34. The second kappa shape index (κ2) is 8.16. The van der Waals surface area contributed by atoms with Gasteiger partial charge in [0.25, 0.3) is 5.91 Å². The number of fused-ring (bicyclic) bond motifs is 1. The normalized spacial score (nSPS) is 23.1. The molecule has 156 valence electrons. The van der Waals surface area contributed by atoms with Crippen molar-refractivity contribution in [3.05, 3.63) is 63.6 Å². The first-order chi connectivity index (χ1) is 14.3. The van der Waals surface area contributed by atoms with Crippen molar-refractivity contribution < 1.29 is 19.5 Å². The molecule has 9 heteroatoms. The molecule has 0 aliphatic carbocycles. The van der Waals surface area contributed by atoms with Gasteiger partial charge < -0.3 is 20.6 Å². The molecule has 2 aliphatic rings. The Morgan fingerprint density at radius 3 is 2.47 bits per heavy atom. The summed E-state index contributed by atoms with van der Waals surface area (Å²) < 4.78 is 0. The summed E-state index contributed by atoms with van der Waals surface area (Å²) in [4.78, 5) is 39.6. The lowest BCUT2D eigenvalue weighted by atomic mass is 10.0. The zero-order valence-corrected chi connectivity index (χ0v) is 17.3. The van der Waals surface area contributed by atoms with Crippen LogP contribution < -0.4 is 10.6 Å². The summed E-state index contributed by atoms with van der Waals surface area (Å²) in [6.07, 6.45) is 0.662. The molecule has 0 radical (unpaired) electrons. The second-order valence-corrected chi connectivity index (χ2v) is 8.38. The van der Waals surface area contributed by atoms with Crippen molar-refractivity contribution >= 4 is 40.9 Å². The average molecular weight is 448 g/mol. The lowest BCUT2D eigenvalue weighted by molar-refractivity contribution is -0.147. The van der Waals surface area contributed by atoms with Gasteiger partial charge in [-0.25, -0.2) is 0 Å². The minimum Gasteiger partial charge on any atom is -0.508 e. The number of rotatable bonds is 4. The third-order valence-corrected chi connectivity index (χ3v) is 5.77. The first-order valence-corrected chi connectivity index (χ1v) is 10.2. The van der Waals surface area contributed by atoms with E-state index >= 15 is 0 Å². The van der Waals surface area contributed by atoms with Gasteiger partial charge in [-0.3, -0.25) is 14.4 Å². The molecule has 2 aromatic rings. The Bertz CT molecular complexity index is 992. The molecule has 0 bridgehead atoms. The maximum atomic E-state index is 12.9. The molecular formula is C21H19Cl2N3O4. The van der Waals surface area contributed by atoms with E-state index in [1.54, 1.807) is 12.1 Å². The van der Waals surface area contributed by atoms with E-state index in [2.05, 4.69) is 10.6 Å². The number of phenols is 1. The van der Waals surface area contributed by atoms with Crippen LogP contribution in [0.1, 0.15) is 22.3 Å². The SMILES string of the molecule is O=C(N[C@H]1C[C@H]2C(=O)N[C@H](Cc3ccc(O)cc3)C(=O)N2C1)c1cc(Cl)cc(Cl)c1. The van der Waals surface area contributed by atoms with Crippen LogP contribution in [-0.4, -0.2) is 52.4 Å². The molecule has 7 nitrogen and oxygen atoms in total. The van der Waals surface area contributed by atoms with E-state index in [9.17, 15) is 19.5 Å². The third kappa shape index (κ3) is 4.22. The molecule has 2 saturated heterocycles. The van der Waals surface area contributed by atoms with Crippen molar-refractivity contribution in [2.24, 2.45) is 0 Å². The van der Waals surface area contributed by atoms with E-state index in [4.69, 9.17) is 23.2 Å². The molecule has 30 heavy (non-hydrogen) atoms. The lowest BCUT2D eigenvalue weighted by Crippen LogP contribution is -2.61. The van der Waals surface area contributed by atoms with E-state index in [-0.39, 0.29) is 36.1 Å². The van der Waals surface area contributed by atoms with E-state index in [0.29, 0.717) is 28.5 Å². The molecule has 3 atom stereocenters. The first kappa shape index (κ1) is 20.5. The summed E-state index contributed by atoms with van der Waals surface area (Å²) in [6, 6.07) is 9.41. The largest absolute Gasteiger partial charge is 0.508 e. The smallest absolute Gasteiger partial charge is 0.251 e. The first-order valence-electron chi connectivity index (χ1n) is 9.46. The van der Waals surface area contributed by atoms with Gasteiger partial charge >= 0.3 is 0 Å². The monoisotopic (exact) mass is 447 g/mol. The molecule has 2 aromatic carbocycles. The molecule has 0 spiro atoms. The van der Waals surface area contributed by atoms with Crippen molar-refractivity contribution in [1.82, 2.24) is 15.5 Å². The Morgan fingerprint density at radius 1 is 1.13 bits per heavy atom. The zero-order chi connectivity index (χ0) is 21.4. The van der Waals surface area contributed by atoms with Crippen LogP contribution in [0, 0.1) is 0 Å². The standard InChI is InChI=1S/C21H19Cl2N3O4/c22-13-6-12(7-14(23)8-13)19(28)24-15-9-18-20(29)25-17(21(30)26(18)10-15)5-11-1-3-16(27)4-2-11/h1-4,6-8,15,17-18,27H,5,9-10H2,(H,24,28)(H,25,29)/t15-,17+,18-/m0/s1. The highest BCUT2D eigenvalue weighted by Crippen LogP contribution is 2.25. The van der Waals surface area contributed by atoms with Crippen molar-refractivity contribution in [2.75, 3.05) is 6.54 Å². The van der Waals surface area contributed by atoms with Gasteiger partial charge in [0.15, 0.2) is 0 Å². The fraction of sp³-hybridized carbons (Fsp3) is 0.286. The van der Waals surface area contributed by atoms with E-state index in [1.807, 2.05) is 0 Å². The van der Waals surface area contributed by atoms with Crippen LogP contribution >= 0.6 is 23.2 Å². The van der Waals surface area contributed by atoms with Crippen molar-refractivity contribution in [3.8, 4) is 5.75 Å². The molecule has 0 unspecified atom stereocenters. The Kier molecular flexibility index (Phi) is 5.58. The van der Waals surface area contributed by atoms with Crippen LogP contribution in [0.4, 0.5) is 0 Å². The molecule has 2 heterocycles. The molecule has 0 aromatic heterocycles. The lowest BCUT2D eigenvalue weighted by Gasteiger charge is -2.34. The quantitative estimate of drug-likeness (QED) is 0.668. The van der Waals surface area contributed by atoms with Crippen molar-refractivity contribution in [2.45, 2.75) is 31.0 Å². The number of nitrogens with zero attached hydrogens (tertiary/aromatic N) is 1. The Labute approximate surface area is 183 Å². The van der Waals surface area contributed by atoms with Gasteiger partial charge in [-0.15, -0.1) is 0 Å². The van der Waals surface area contributed by atoms with Gasteiger partial charge in [0.2, 0.25) is 11.8 Å². The number of aromatic hydroxyl groups is 1. The minimum absolute atomic E-state index is 0.136. The van der Waals surface area contributed by atoms with Crippen LogP contribution in [0.3, 0.4) is 0 Å². The summed E-state index contributed by atoms with van der Waals surface area (Å²) in [5.74, 6) is -0.647. The molecule has 3 amide bonds. The van der Waals surface area contributed by atoms with E-state index in [1.165, 1.54) is 35.2 Å². The van der Waals surface area contributed by atoms with E-state index in [0.717, 1.165) is 5.56 Å². The Balaban J connectivity index is 1.43. The summed E-state index contributed by atoms with van der Waals surface area (Å²) in [7, 11) is 0. The summed E-state index contributed by atoms with van der Waals surface area (Å²) in [5.41, 5.74) is 1.14. The van der Waals surface area contributed by atoms with Gasteiger partial charge in [0.05, 0.1) is 0 Å². The molecule has 3 N–H and O–H groups in total. The fourth-order valence-corrected chi connectivity index (χ4v) is 4.45. The molecule has 0 saturated carbocycles. The minimum atomic E-state index is -0.681. The summed E-state index contributed by atoms with van der Waals surface area (Å²) in [6.45, 7) is 0.253. The van der Waals surface area contributed by atoms with Gasteiger partial charge in [-0.1, -0.05) is 35.3 Å². The summed E-state index contributed by atoms with van der Waals surface area (Å²) >= 11 is 11.9. The number of carbonyl (C=O) groups excluding carboxylic acids is 3. The number of nitrogens with one attached hydrogen (secondary N) is 2. The highest BCUT2D eigenvalue weighted by molar-refractivity contribution is 6.35. The van der Waals surface area contributed by atoms with Gasteiger partial charge in [0.1, 0.15) is 17.8 Å². The average Bonchev–Trinajstić information content (AvgIpc) is 3.11.